The minimum absolute atomic E-state index is 0.102. The molecule has 1 aromatic carbocycles. The minimum atomic E-state index is 0.102. The third-order valence-corrected chi connectivity index (χ3v) is 5.63. The molecule has 2 fully saturated rings. The van der Waals surface area contributed by atoms with Gasteiger partial charge in [0.2, 0.25) is 5.89 Å². The second kappa shape index (κ2) is 8.13. The van der Waals surface area contributed by atoms with Crippen molar-refractivity contribution in [1.29, 1.82) is 0 Å². The first-order valence-electron chi connectivity index (χ1n) is 9.98. The Hall–Kier alpha value is -2.34. The Labute approximate surface area is 160 Å². The highest BCUT2D eigenvalue weighted by Crippen LogP contribution is 2.23. The maximum atomic E-state index is 12.4. The Morgan fingerprint density at radius 1 is 1.15 bits per heavy atom. The highest BCUT2D eigenvalue weighted by atomic mass is 16.4. The maximum Gasteiger partial charge on any atom is 0.317 e. The summed E-state index contributed by atoms with van der Waals surface area (Å²) < 4.78 is 5.86. The van der Waals surface area contributed by atoms with Gasteiger partial charge in [-0.05, 0) is 31.9 Å². The Kier molecular flexibility index (Phi) is 5.43. The molecule has 1 aliphatic heterocycles. The quantitative estimate of drug-likeness (QED) is 0.898. The molecule has 0 unspecified atom stereocenters. The summed E-state index contributed by atoms with van der Waals surface area (Å²) in [5.41, 5.74) is 1.98. The van der Waals surface area contributed by atoms with Crippen molar-refractivity contribution in [3.05, 3.63) is 41.8 Å². The fourth-order valence-corrected chi connectivity index (χ4v) is 3.94. The van der Waals surface area contributed by atoms with Crippen molar-refractivity contribution in [1.82, 2.24) is 20.1 Å². The second-order valence-electron chi connectivity index (χ2n) is 7.58. The van der Waals surface area contributed by atoms with Gasteiger partial charge in [0.05, 0.1) is 5.69 Å². The van der Waals surface area contributed by atoms with Crippen molar-refractivity contribution < 1.29 is 9.21 Å². The molecule has 0 atom stereocenters. The molecule has 2 heterocycles. The first-order valence-corrected chi connectivity index (χ1v) is 9.98. The molecule has 27 heavy (non-hydrogen) atoms. The van der Waals surface area contributed by atoms with Crippen molar-refractivity contribution in [3.8, 4) is 11.5 Å². The van der Waals surface area contributed by atoms with Gasteiger partial charge < -0.3 is 14.6 Å². The Bertz CT molecular complexity index is 760. The third-order valence-electron chi connectivity index (χ3n) is 5.63. The number of carbonyl (C=O) groups excluding carboxylic acids is 1. The van der Waals surface area contributed by atoms with Crippen LogP contribution in [-0.4, -0.2) is 53.0 Å². The van der Waals surface area contributed by atoms with E-state index in [-0.39, 0.29) is 6.03 Å². The van der Waals surface area contributed by atoms with Gasteiger partial charge in [-0.2, -0.15) is 0 Å². The van der Waals surface area contributed by atoms with Crippen molar-refractivity contribution >= 4 is 6.03 Å². The van der Waals surface area contributed by atoms with E-state index in [1.807, 2.05) is 42.2 Å². The summed E-state index contributed by atoms with van der Waals surface area (Å²) in [7, 11) is 0. The number of urea groups is 1. The van der Waals surface area contributed by atoms with E-state index in [9.17, 15) is 4.79 Å². The lowest BCUT2D eigenvalue weighted by molar-refractivity contribution is 0.132. The van der Waals surface area contributed by atoms with E-state index >= 15 is 0 Å². The number of nitrogens with zero attached hydrogens (tertiary/aromatic N) is 3. The standard InChI is InChI=1S/C21H28N4O2/c1-16-19(23-20(27-16)17-7-3-2-4-8-17)15-24-11-13-25(14-12-24)21(26)22-18-9-5-6-10-18/h2-4,7-8,18H,5-6,9-15H2,1H3,(H,22,26). The SMILES string of the molecule is Cc1oc(-c2ccccc2)nc1CN1CCN(C(=O)NC2CCCC2)CC1. The topological polar surface area (TPSA) is 61.6 Å². The molecule has 0 radical (unpaired) electrons. The van der Waals surface area contributed by atoms with Crippen LogP contribution in [0.15, 0.2) is 34.7 Å². The van der Waals surface area contributed by atoms with Crippen molar-refractivity contribution in [2.75, 3.05) is 26.2 Å². The molecule has 6 nitrogen and oxygen atoms in total. The van der Waals surface area contributed by atoms with E-state index in [1.54, 1.807) is 0 Å². The number of nitrogens with one attached hydrogen (secondary N) is 1. The molecule has 6 heteroatoms. The van der Waals surface area contributed by atoms with E-state index in [1.165, 1.54) is 12.8 Å². The fraction of sp³-hybridized carbons (Fsp3) is 0.524. The number of oxazole rings is 1. The second-order valence-corrected chi connectivity index (χ2v) is 7.58. The Balaban J connectivity index is 1.30. The summed E-state index contributed by atoms with van der Waals surface area (Å²) in [6.07, 6.45) is 4.73. The average molecular weight is 368 g/mol. The van der Waals surface area contributed by atoms with E-state index < -0.39 is 0 Å². The molecule has 2 amide bonds. The number of carbonyl (C=O) groups is 1. The molecule has 0 spiro atoms. The zero-order valence-corrected chi connectivity index (χ0v) is 16.0. The molecule has 1 aromatic heterocycles. The summed E-state index contributed by atoms with van der Waals surface area (Å²) in [6, 6.07) is 10.5. The number of piperazine rings is 1. The summed E-state index contributed by atoms with van der Waals surface area (Å²) in [5, 5.41) is 3.18. The van der Waals surface area contributed by atoms with Crippen LogP contribution in [0.25, 0.3) is 11.5 Å². The first-order chi connectivity index (χ1) is 13.2. The minimum Gasteiger partial charge on any atom is -0.441 e. The normalized spacial score (nSPS) is 18.8. The van der Waals surface area contributed by atoms with Crippen LogP contribution >= 0.6 is 0 Å². The van der Waals surface area contributed by atoms with Crippen molar-refractivity contribution in [3.63, 3.8) is 0 Å². The van der Waals surface area contributed by atoms with Crippen LogP contribution in [0.3, 0.4) is 0 Å². The van der Waals surface area contributed by atoms with E-state index in [2.05, 4.69) is 10.2 Å². The average Bonchev–Trinajstić information content (AvgIpc) is 3.33. The molecule has 1 saturated heterocycles. The van der Waals surface area contributed by atoms with Crippen molar-refractivity contribution in [2.24, 2.45) is 0 Å². The summed E-state index contributed by atoms with van der Waals surface area (Å²) >= 11 is 0. The highest BCUT2D eigenvalue weighted by molar-refractivity contribution is 5.74. The Morgan fingerprint density at radius 2 is 1.85 bits per heavy atom. The molecule has 144 valence electrons. The lowest BCUT2D eigenvalue weighted by atomic mass is 10.2. The molecule has 0 bridgehead atoms. The number of hydrogen-bond acceptors (Lipinski definition) is 4. The smallest absolute Gasteiger partial charge is 0.317 e. The van der Waals surface area contributed by atoms with E-state index in [0.717, 1.165) is 62.6 Å². The summed E-state index contributed by atoms with van der Waals surface area (Å²) in [5.74, 6) is 1.55. The van der Waals surface area contributed by atoms with Gasteiger partial charge in [-0.15, -0.1) is 0 Å². The van der Waals surface area contributed by atoms with Crippen LogP contribution < -0.4 is 5.32 Å². The zero-order valence-electron chi connectivity index (χ0n) is 16.0. The van der Waals surface area contributed by atoms with E-state index in [4.69, 9.17) is 9.40 Å². The number of benzene rings is 1. The molecule has 2 aromatic rings. The molecular weight excluding hydrogens is 340 g/mol. The van der Waals surface area contributed by atoms with Crippen LogP contribution in [-0.2, 0) is 6.54 Å². The van der Waals surface area contributed by atoms with Crippen LogP contribution in [0, 0.1) is 6.92 Å². The Morgan fingerprint density at radius 3 is 2.56 bits per heavy atom. The van der Waals surface area contributed by atoms with Crippen LogP contribution in [0.5, 0.6) is 0 Å². The van der Waals surface area contributed by atoms with Gasteiger partial charge in [-0.3, -0.25) is 4.90 Å². The van der Waals surface area contributed by atoms with Gasteiger partial charge in [0, 0.05) is 44.3 Å². The van der Waals surface area contributed by atoms with Gasteiger partial charge in [-0.1, -0.05) is 31.0 Å². The summed E-state index contributed by atoms with van der Waals surface area (Å²) in [4.78, 5) is 21.4. The predicted molar refractivity (Wildman–Crippen MR) is 104 cm³/mol. The predicted octanol–water partition coefficient (Wildman–Crippen LogP) is 3.42. The number of aryl methyl sites for hydroxylation is 1. The first kappa shape index (κ1) is 18.0. The van der Waals surface area contributed by atoms with Crippen LogP contribution in [0.2, 0.25) is 0 Å². The number of hydrogen-bond donors (Lipinski definition) is 1. The molecule has 1 N–H and O–H groups in total. The molecule has 1 saturated carbocycles. The molecule has 4 rings (SSSR count). The van der Waals surface area contributed by atoms with Gasteiger partial charge in [0.25, 0.3) is 0 Å². The van der Waals surface area contributed by atoms with E-state index in [0.29, 0.717) is 11.9 Å². The number of rotatable bonds is 4. The maximum absolute atomic E-state index is 12.4. The van der Waals surface area contributed by atoms with Crippen LogP contribution in [0.1, 0.15) is 37.1 Å². The van der Waals surface area contributed by atoms with Crippen LogP contribution in [0.4, 0.5) is 4.79 Å². The number of amides is 2. The van der Waals surface area contributed by atoms with Gasteiger partial charge in [0.15, 0.2) is 0 Å². The van der Waals surface area contributed by atoms with Gasteiger partial charge >= 0.3 is 6.03 Å². The highest BCUT2D eigenvalue weighted by Gasteiger charge is 2.25. The van der Waals surface area contributed by atoms with Gasteiger partial charge in [0.1, 0.15) is 5.76 Å². The van der Waals surface area contributed by atoms with Crippen molar-refractivity contribution in [2.45, 2.75) is 45.2 Å². The van der Waals surface area contributed by atoms with Gasteiger partial charge in [-0.25, -0.2) is 9.78 Å². The largest absolute Gasteiger partial charge is 0.441 e. The monoisotopic (exact) mass is 368 g/mol. The summed E-state index contributed by atoms with van der Waals surface area (Å²) in [6.45, 7) is 6.00. The molecule has 1 aliphatic carbocycles. The lowest BCUT2D eigenvalue weighted by Gasteiger charge is -2.35. The number of aromatic nitrogens is 1. The fourth-order valence-electron chi connectivity index (χ4n) is 3.94. The third kappa shape index (κ3) is 4.33. The zero-order chi connectivity index (χ0) is 18.6. The molecular formula is C21H28N4O2. The molecule has 2 aliphatic rings. The lowest BCUT2D eigenvalue weighted by Crippen LogP contribution is -2.52.